The number of carbonyl (C=O) groups is 2. The van der Waals surface area contributed by atoms with Crippen molar-refractivity contribution in [2.75, 3.05) is 6.54 Å². The first-order valence-corrected chi connectivity index (χ1v) is 7.64. The van der Waals surface area contributed by atoms with Crippen LogP contribution in [0.25, 0.3) is 0 Å². The van der Waals surface area contributed by atoms with Crippen LogP contribution in [0.1, 0.15) is 25.3 Å². The summed E-state index contributed by atoms with van der Waals surface area (Å²) in [5, 5.41) is 5.65. The zero-order valence-electron chi connectivity index (χ0n) is 11.5. The van der Waals surface area contributed by atoms with E-state index in [1.54, 1.807) is 0 Å². The number of hydrogen-bond donors (Lipinski definition) is 2. The highest BCUT2D eigenvalue weighted by atomic mass is 79.9. The van der Waals surface area contributed by atoms with Crippen molar-refractivity contribution in [3.8, 4) is 0 Å². The van der Waals surface area contributed by atoms with Crippen LogP contribution in [0, 0.1) is 11.8 Å². The first-order chi connectivity index (χ1) is 9.56. The number of amides is 2. The van der Waals surface area contributed by atoms with E-state index in [-0.39, 0.29) is 17.7 Å². The lowest BCUT2D eigenvalue weighted by Gasteiger charge is -2.07. The van der Waals surface area contributed by atoms with Crippen LogP contribution in [0.4, 0.5) is 0 Å². The number of nitrogens with one attached hydrogen (secondary N) is 2. The van der Waals surface area contributed by atoms with Crippen molar-refractivity contribution in [3.63, 3.8) is 0 Å². The second-order valence-electron chi connectivity index (χ2n) is 5.26. The third-order valence-electron chi connectivity index (χ3n) is 3.50. The molecular weight excluding hydrogens is 320 g/mol. The predicted molar refractivity (Wildman–Crippen MR) is 80.9 cm³/mol. The number of carbonyl (C=O) groups excluding carboxylic acids is 2. The van der Waals surface area contributed by atoms with Crippen molar-refractivity contribution in [2.45, 2.75) is 26.3 Å². The van der Waals surface area contributed by atoms with Gasteiger partial charge in [0.25, 0.3) is 0 Å². The van der Waals surface area contributed by atoms with Crippen LogP contribution in [0.3, 0.4) is 0 Å². The van der Waals surface area contributed by atoms with Gasteiger partial charge in [-0.25, -0.2) is 0 Å². The molecule has 0 saturated heterocycles. The van der Waals surface area contributed by atoms with Crippen molar-refractivity contribution in [1.29, 1.82) is 0 Å². The van der Waals surface area contributed by atoms with E-state index in [9.17, 15) is 9.59 Å². The second kappa shape index (κ2) is 6.88. The Labute approximate surface area is 127 Å². The SMILES string of the molecule is CC1CC1C(=O)NCCC(=O)NCc1ccc(Br)cc1. The Morgan fingerprint density at radius 1 is 1.25 bits per heavy atom. The molecule has 1 aliphatic rings. The molecule has 1 saturated carbocycles. The largest absolute Gasteiger partial charge is 0.355 e. The van der Waals surface area contributed by atoms with Gasteiger partial charge >= 0.3 is 0 Å². The topological polar surface area (TPSA) is 58.2 Å². The Balaban J connectivity index is 1.60. The molecule has 5 heteroatoms. The molecule has 0 spiro atoms. The monoisotopic (exact) mass is 338 g/mol. The Morgan fingerprint density at radius 2 is 1.90 bits per heavy atom. The van der Waals surface area contributed by atoms with Crippen molar-refractivity contribution < 1.29 is 9.59 Å². The van der Waals surface area contributed by atoms with Gasteiger partial charge in [-0.15, -0.1) is 0 Å². The van der Waals surface area contributed by atoms with Crippen molar-refractivity contribution >= 4 is 27.7 Å². The minimum absolute atomic E-state index is 0.0444. The first-order valence-electron chi connectivity index (χ1n) is 6.85. The summed E-state index contributed by atoms with van der Waals surface area (Å²) in [5.74, 6) is 0.706. The fourth-order valence-electron chi connectivity index (χ4n) is 2.01. The second-order valence-corrected chi connectivity index (χ2v) is 6.18. The summed E-state index contributed by atoms with van der Waals surface area (Å²) in [4.78, 5) is 23.2. The van der Waals surface area contributed by atoms with E-state index >= 15 is 0 Å². The maximum atomic E-state index is 11.6. The zero-order valence-corrected chi connectivity index (χ0v) is 13.1. The first kappa shape index (κ1) is 15.0. The van der Waals surface area contributed by atoms with Crippen LogP contribution < -0.4 is 10.6 Å². The van der Waals surface area contributed by atoms with Crippen molar-refractivity contribution in [2.24, 2.45) is 11.8 Å². The van der Waals surface area contributed by atoms with E-state index in [0.717, 1.165) is 16.5 Å². The minimum Gasteiger partial charge on any atom is -0.355 e. The highest BCUT2D eigenvalue weighted by molar-refractivity contribution is 9.10. The van der Waals surface area contributed by atoms with Gasteiger partial charge in [0.15, 0.2) is 0 Å². The third-order valence-corrected chi connectivity index (χ3v) is 4.03. The van der Waals surface area contributed by atoms with Gasteiger partial charge in [-0.1, -0.05) is 35.0 Å². The normalized spacial score (nSPS) is 20.3. The summed E-state index contributed by atoms with van der Waals surface area (Å²) in [7, 11) is 0. The number of halogens is 1. The molecule has 2 rings (SSSR count). The number of hydrogen-bond acceptors (Lipinski definition) is 2. The van der Waals surface area contributed by atoms with Gasteiger partial charge in [-0.2, -0.15) is 0 Å². The van der Waals surface area contributed by atoms with Gasteiger partial charge in [0, 0.05) is 29.9 Å². The van der Waals surface area contributed by atoms with Crippen LogP contribution in [-0.2, 0) is 16.1 Å². The van der Waals surface area contributed by atoms with Gasteiger partial charge in [-0.05, 0) is 30.0 Å². The molecule has 1 fully saturated rings. The minimum atomic E-state index is -0.0444. The highest BCUT2D eigenvalue weighted by Gasteiger charge is 2.38. The molecule has 0 bridgehead atoms. The summed E-state index contributed by atoms with van der Waals surface area (Å²) in [5.41, 5.74) is 1.05. The molecule has 1 aromatic carbocycles. The average molecular weight is 339 g/mol. The van der Waals surface area contributed by atoms with Crippen molar-refractivity contribution in [1.82, 2.24) is 10.6 Å². The molecule has 2 atom stereocenters. The lowest BCUT2D eigenvalue weighted by atomic mass is 10.2. The fraction of sp³-hybridized carbons (Fsp3) is 0.467. The van der Waals surface area contributed by atoms with Gasteiger partial charge in [0.2, 0.25) is 11.8 Å². The molecule has 0 aromatic heterocycles. The molecule has 2 N–H and O–H groups in total. The summed E-state index contributed by atoms with van der Waals surface area (Å²) < 4.78 is 1.02. The van der Waals surface area contributed by atoms with E-state index in [0.29, 0.717) is 25.4 Å². The van der Waals surface area contributed by atoms with Gasteiger partial charge < -0.3 is 10.6 Å². The fourth-order valence-corrected chi connectivity index (χ4v) is 2.27. The van der Waals surface area contributed by atoms with Crippen LogP contribution in [0.5, 0.6) is 0 Å². The lowest BCUT2D eigenvalue weighted by molar-refractivity contribution is -0.123. The van der Waals surface area contributed by atoms with Crippen LogP contribution in [0.2, 0.25) is 0 Å². The molecule has 20 heavy (non-hydrogen) atoms. The molecule has 0 heterocycles. The molecule has 2 unspecified atom stereocenters. The molecule has 1 aromatic rings. The lowest BCUT2D eigenvalue weighted by Crippen LogP contribution is -2.31. The molecule has 108 valence electrons. The summed E-state index contributed by atoms with van der Waals surface area (Å²) in [6.07, 6.45) is 1.30. The molecule has 1 aliphatic carbocycles. The maximum absolute atomic E-state index is 11.6. The molecule has 0 aliphatic heterocycles. The zero-order chi connectivity index (χ0) is 14.5. The van der Waals surface area contributed by atoms with E-state index < -0.39 is 0 Å². The smallest absolute Gasteiger partial charge is 0.223 e. The van der Waals surface area contributed by atoms with Gasteiger partial charge in [-0.3, -0.25) is 9.59 Å². The predicted octanol–water partition coefficient (Wildman–Crippen LogP) is 2.23. The van der Waals surface area contributed by atoms with Crippen LogP contribution in [0.15, 0.2) is 28.7 Å². The molecular formula is C15H19BrN2O2. The Morgan fingerprint density at radius 3 is 2.50 bits per heavy atom. The van der Waals surface area contributed by atoms with Crippen LogP contribution >= 0.6 is 15.9 Å². The van der Waals surface area contributed by atoms with Crippen LogP contribution in [-0.4, -0.2) is 18.4 Å². The average Bonchev–Trinajstić information content (AvgIpc) is 3.15. The van der Waals surface area contributed by atoms with Crippen molar-refractivity contribution in [3.05, 3.63) is 34.3 Å². The third kappa shape index (κ3) is 4.63. The van der Waals surface area contributed by atoms with Gasteiger partial charge in [0.1, 0.15) is 0 Å². The van der Waals surface area contributed by atoms with E-state index in [1.807, 2.05) is 24.3 Å². The Hall–Kier alpha value is -1.36. The summed E-state index contributed by atoms with van der Waals surface area (Å²) in [6, 6.07) is 7.80. The molecule has 4 nitrogen and oxygen atoms in total. The standard InChI is InChI=1S/C15H19BrN2O2/c1-10-8-13(10)15(20)17-7-6-14(19)18-9-11-2-4-12(16)5-3-11/h2-5,10,13H,6-9H2,1H3,(H,17,20)(H,18,19). The maximum Gasteiger partial charge on any atom is 0.223 e. The Bertz CT molecular complexity index is 487. The Kier molecular flexibility index (Phi) is 5.17. The quantitative estimate of drug-likeness (QED) is 0.835. The summed E-state index contributed by atoms with van der Waals surface area (Å²) >= 11 is 3.37. The molecule has 0 radical (unpaired) electrons. The van der Waals surface area contributed by atoms with E-state index in [4.69, 9.17) is 0 Å². The van der Waals surface area contributed by atoms with E-state index in [2.05, 4.69) is 33.5 Å². The molecule has 2 amide bonds. The highest BCUT2D eigenvalue weighted by Crippen LogP contribution is 2.37. The summed E-state index contributed by atoms with van der Waals surface area (Å²) in [6.45, 7) is 2.99. The van der Waals surface area contributed by atoms with E-state index in [1.165, 1.54) is 0 Å². The number of rotatable bonds is 6. The number of benzene rings is 1. The van der Waals surface area contributed by atoms with Gasteiger partial charge in [0.05, 0.1) is 0 Å².